The molecular weight excluding hydrogens is 403 g/mol. The van der Waals surface area contributed by atoms with Crippen LogP contribution >= 0.6 is 0 Å². The number of fused-ring (bicyclic) bond motifs is 5. The lowest BCUT2D eigenvalue weighted by Gasteiger charge is -2.34. The minimum absolute atomic E-state index is 0.221. The SMILES string of the molecule is CNC(=O)[C@@H]1CC2(C)OC1(C)[C@@H]1C(=O)N(c3ccc(C#N)c(C(F)(F)F)c3)C(=O)[C@@H]12. The Morgan fingerprint density at radius 3 is 2.47 bits per heavy atom. The lowest BCUT2D eigenvalue weighted by atomic mass is 9.63. The molecule has 3 amide bonds. The van der Waals surface area contributed by atoms with E-state index < -0.39 is 58.1 Å². The van der Waals surface area contributed by atoms with Gasteiger partial charge in [-0.25, -0.2) is 4.90 Å². The van der Waals surface area contributed by atoms with Crippen LogP contribution in [0.4, 0.5) is 18.9 Å². The van der Waals surface area contributed by atoms with Crippen LogP contribution in [0.15, 0.2) is 18.2 Å². The first-order valence-corrected chi connectivity index (χ1v) is 9.30. The van der Waals surface area contributed by atoms with Gasteiger partial charge in [-0.2, -0.15) is 18.4 Å². The summed E-state index contributed by atoms with van der Waals surface area (Å²) in [6.45, 7) is 3.24. The molecule has 2 bridgehead atoms. The molecule has 10 heteroatoms. The molecule has 7 nitrogen and oxygen atoms in total. The van der Waals surface area contributed by atoms with Gasteiger partial charge in [0.1, 0.15) is 0 Å². The van der Waals surface area contributed by atoms with E-state index in [1.807, 2.05) is 0 Å². The number of ether oxygens (including phenoxy) is 1. The average Bonchev–Trinajstić information content (AvgIpc) is 3.21. The Hall–Kier alpha value is -2.93. The number of nitriles is 1. The van der Waals surface area contributed by atoms with E-state index in [4.69, 9.17) is 10.00 Å². The lowest BCUT2D eigenvalue weighted by Crippen LogP contribution is -2.51. The van der Waals surface area contributed by atoms with E-state index in [0.29, 0.717) is 6.07 Å². The van der Waals surface area contributed by atoms with Gasteiger partial charge in [0.15, 0.2) is 0 Å². The third kappa shape index (κ3) is 2.45. The summed E-state index contributed by atoms with van der Waals surface area (Å²) in [5.74, 6) is -4.25. The molecule has 3 fully saturated rings. The van der Waals surface area contributed by atoms with Crippen molar-refractivity contribution in [2.45, 2.75) is 37.6 Å². The molecule has 3 aliphatic heterocycles. The minimum atomic E-state index is -4.83. The summed E-state index contributed by atoms with van der Waals surface area (Å²) in [5.41, 5.74) is -4.42. The smallest absolute Gasteiger partial charge is 0.367 e. The van der Waals surface area contributed by atoms with Crippen LogP contribution in [-0.2, 0) is 25.3 Å². The van der Waals surface area contributed by atoms with Gasteiger partial charge in [0.05, 0.1) is 51.8 Å². The molecule has 0 radical (unpaired) electrons. The van der Waals surface area contributed by atoms with E-state index >= 15 is 0 Å². The summed E-state index contributed by atoms with van der Waals surface area (Å²) in [4.78, 5) is 39.5. The fourth-order valence-electron chi connectivity index (χ4n) is 5.34. The topological polar surface area (TPSA) is 99.5 Å². The van der Waals surface area contributed by atoms with Crippen molar-refractivity contribution in [2.75, 3.05) is 11.9 Å². The quantitative estimate of drug-likeness (QED) is 0.737. The van der Waals surface area contributed by atoms with Crippen LogP contribution in [0.5, 0.6) is 0 Å². The van der Waals surface area contributed by atoms with Crippen molar-refractivity contribution < 1.29 is 32.3 Å². The fraction of sp³-hybridized carbons (Fsp3) is 0.500. The highest BCUT2D eigenvalue weighted by atomic mass is 19.4. The summed E-state index contributed by atoms with van der Waals surface area (Å²) in [7, 11) is 1.46. The van der Waals surface area contributed by atoms with Gasteiger partial charge in [0.2, 0.25) is 17.7 Å². The van der Waals surface area contributed by atoms with Crippen molar-refractivity contribution in [3.8, 4) is 6.07 Å². The monoisotopic (exact) mass is 421 g/mol. The molecule has 1 aromatic carbocycles. The normalized spacial score (nSPS) is 34.8. The first-order chi connectivity index (χ1) is 13.9. The van der Waals surface area contributed by atoms with Crippen LogP contribution in [0.1, 0.15) is 31.4 Å². The molecule has 1 N–H and O–H groups in total. The number of rotatable bonds is 2. The highest BCUT2D eigenvalue weighted by Gasteiger charge is 2.76. The molecule has 0 spiro atoms. The van der Waals surface area contributed by atoms with Gasteiger partial charge in [0.25, 0.3) is 0 Å². The van der Waals surface area contributed by atoms with Gasteiger partial charge in [-0.1, -0.05) is 0 Å². The van der Waals surface area contributed by atoms with E-state index in [1.54, 1.807) is 13.8 Å². The maximum absolute atomic E-state index is 13.4. The number of nitrogens with zero attached hydrogens (tertiary/aromatic N) is 2. The van der Waals surface area contributed by atoms with Crippen molar-refractivity contribution in [1.82, 2.24) is 5.32 Å². The molecule has 3 aliphatic rings. The van der Waals surface area contributed by atoms with Gasteiger partial charge < -0.3 is 10.1 Å². The second-order valence-electron chi connectivity index (χ2n) is 8.28. The molecule has 4 rings (SSSR count). The number of hydrogen-bond acceptors (Lipinski definition) is 5. The number of imide groups is 1. The number of anilines is 1. The highest BCUT2D eigenvalue weighted by molar-refractivity contribution is 6.23. The molecule has 30 heavy (non-hydrogen) atoms. The number of benzene rings is 1. The predicted molar refractivity (Wildman–Crippen MR) is 95.7 cm³/mol. The van der Waals surface area contributed by atoms with Crippen molar-refractivity contribution in [3.05, 3.63) is 29.3 Å². The molecule has 5 atom stereocenters. The van der Waals surface area contributed by atoms with Crippen molar-refractivity contribution >= 4 is 23.4 Å². The number of hydrogen-bond donors (Lipinski definition) is 1. The van der Waals surface area contributed by atoms with Crippen molar-refractivity contribution in [1.29, 1.82) is 5.26 Å². The first kappa shape index (κ1) is 20.3. The zero-order chi connectivity index (χ0) is 22.2. The minimum Gasteiger partial charge on any atom is -0.367 e. The summed E-state index contributed by atoms with van der Waals surface area (Å²) in [5, 5.41) is 11.5. The largest absolute Gasteiger partial charge is 0.417 e. The number of alkyl halides is 3. The van der Waals surface area contributed by atoms with E-state index in [2.05, 4.69) is 5.32 Å². The molecule has 3 heterocycles. The average molecular weight is 421 g/mol. The summed E-state index contributed by atoms with van der Waals surface area (Å²) in [6, 6.07) is 4.19. The predicted octanol–water partition coefficient (Wildman–Crippen LogP) is 2.00. The second kappa shape index (κ2) is 6.04. The number of carbonyl (C=O) groups excluding carboxylic acids is 3. The molecule has 0 aliphatic carbocycles. The van der Waals surface area contributed by atoms with E-state index in [0.717, 1.165) is 17.0 Å². The van der Waals surface area contributed by atoms with Crippen LogP contribution in [-0.4, -0.2) is 36.0 Å². The van der Waals surface area contributed by atoms with Gasteiger partial charge in [0, 0.05) is 7.05 Å². The molecular formula is C20H18F3N3O4. The van der Waals surface area contributed by atoms with Crippen molar-refractivity contribution in [2.24, 2.45) is 17.8 Å². The molecule has 158 valence electrons. The maximum atomic E-state index is 13.4. The van der Waals surface area contributed by atoms with Crippen LogP contribution in [0, 0.1) is 29.1 Å². The highest BCUT2D eigenvalue weighted by Crippen LogP contribution is 2.63. The van der Waals surface area contributed by atoms with Crippen LogP contribution < -0.4 is 10.2 Å². The van der Waals surface area contributed by atoms with Crippen molar-refractivity contribution in [3.63, 3.8) is 0 Å². The lowest BCUT2D eigenvalue weighted by molar-refractivity contribution is -0.139. The Labute approximate surface area is 169 Å². The summed E-state index contributed by atoms with van der Waals surface area (Å²) >= 11 is 0. The fourth-order valence-corrected chi connectivity index (χ4v) is 5.34. The Morgan fingerprint density at radius 2 is 1.90 bits per heavy atom. The number of nitrogens with one attached hydrogen (secondary N) is 1. The molecule has 2 unspecified atom stereocenters. The molecule has 1 aromatic rings. The number of halogens is 3. The van der Waals surface area contributed by atoms with E-state index in [9.17, 15) is 27.6 Å². The van der Waals surface area contributed by atoms with E-state index in [-0.39, 0.29) is 18.0 Å². The van der Waals surface area contributed by atoms with Gasteiger partial charge in [-0.15, -0.1) is 0 Å². The second-order valence-corrected chi connectivity index (χ2v) is 8.28. The maximum Gasteiger partial charge on any atom is 0.417 e. The molecule has 0 aromatic heterocycles. The van der Waals surface area contributed by atoms with Gasteiger partial charge in [-0.05, 0) is 38.5 Å². The Morgan fingerprint density at radius 1 is 1.27 bits per heavy atom. The zero-order valence-corrected chi connectivity index (χ0v) is 16.3. The van der Waals surface area contributed by atoms with E-state index in [1.165, 1.54) is 13.1 Å². The third-order valence-electron chi connectivity index (χ3n) is 6.59. The Balaban J connectivity index is 1.79. The standard InChI is InChI=1S/C20H18F3N3O4/c1-18-7-12(15(27)25-3)19(2,30-18)14-13(18)16(28)26(17(14)29)10-5-4-9(8-24)11(6-10)20(21,22)23/h4-6,12-14H,7H2,1-3H3,(H,25,27)/t12-,13+,14-,18?,19?/m0/s1. The third-order valence-corrected chi connectivity index (χ3v) is 6.59. The Kier molecular flexibility index (Phi) is 4.10. The number of amides is 3. The summed E-state index contributed by atoms with van der Waals surface area (Å²) in [6.07, 6.45) is -4.61. The number of carbonyl (C=O) groups is 3. The van der Waals surface area contributed by atoms with Crippen LogP contribution in [0.3, 0.4) is 0 Å². The van der Waals surface area contributed by atoms with Gasteiger partial charge in [-0.3, -0.25) is 14.4 Å². The van der Waals surface area contributed by atoms with Crippen LogP contribution in [0.25, 0.3) is 0 Å². The molecule has 3 saturated heterocycles. The summed E-state index contributed by atoms with van der Waals surface area (Å²) < 4.78 is 46.1. The van der Waals surface area contributed by atoms with Gasteiger partial charge >= 0.3 is 6.18 Å². The Bertz CT molecular complexity index is 1030. The van der Waals surface area contributed by atoms with Crippen LogP contribution in [0.2, 0.25) is 0 Å². The molecule has 0 saturated carbocycles. The zero-order valence-electron chi connectivity index (χ0n) is 16.3. The first-order valence-electron chi connectivity index (χ1n) is 9.30.